The van der Waals surface area contributed by atoms with E-state index in [0.717, 1.165) is 11.4 Å². The summed E-state index contributed by atoms with van der Waals surface area (Å²) in [6, 6.07) is 14.5. The molecule has 0 unspecified atom stereocenters. The Bertz CT molecular complexity index is 1240. The van der Waals surface area contributed by atoms with E-state index in [9.17, 15) is 9.59 Å². The van der Waals surface area contributed by atoms with E-state index >= 15 is 0 Å². The standard InChI is InChI=1S/C21H20N6O2/c1-14-24-19-16(10-11-22-20(19)26(14)2)21(29)23-12-13-27-18(28)9-8-17(25-27)15-6-4-3-5-7-15/h3-11H,12-13H2,1-2H3,(H,23,29). The third-order valence-electron chi connectivity index (χ3n) is 4.77. The van der Waals surface area contributed by atoms with E-state index in [-0.39, 0.29) is 24.6 Å². The Hall–Kier alpha value is -3.81. The molecule has 146 valence electrons. The van der Waals surface area contributed by atoms with Crippen LogP contribution in [0.4, 0.5) is 0 Å². The van der Waals surface area contributed by atoms with Crippen molar-refractivity contribution in [2.45, 2.75) is 13.5 Å². The maximum Gasteiger partial charge on any atom is 0.266 e. The minimum absolute atomic E-state index is 0.217. The van der Waals surface area contributed by atoms with Crippen molar-refractivity contribution in [3.8, 4) is 11.3 Å². The van der Waals surface area contributed by atoms with Crippen molar-refractivity contribution in [2.75, 3.05) is 6.54 Å². The summed E-state index contributed by atoms with van der Waals surface area (Å²) < 4.78 is 3.19. The third kappa shape index (κ3) is 3.64. The maximum absolute atomic E-state index is 12.6. The number of carbonyl (C=O) groups is 1. The summed E-state index contributed by atoms with van der Waals surface area (Å²) in [5, 5.41) is 7.24. The van der Waals surface area contributed by atoms with Crippen molar-refractivity contribution < 1.29 is 4.79 Å². The molecule has 4 rings (SSSR count). The van der Waals surface area contributed by atoms with Gasteiger partial charge in [0.05, 0.1) is 17.8 Å². The number of hydrogen-bond acceptors (Lipinski definition) is 5. The van der Waals surface area contributed by atoms with E-state index in [1.54, 1.807) is 18.3 Å². The molecule has 0 radical (unpaired) electrons. The van der Waals surface area contributed by atoms with Crippen LogP contribution < -0.4 is 10.9 Å². The van der Waals surface area contributed by atoms with Gasteiger partial charge in [0.1, 0.15) is 11.3 Å². The number of nitrogens with one attached hydrogen (secondary N) is 1. The van der Waals surface area contributed by atoms with Crippen LogP contribution in [0.2, 0.25) is 0 Å². The molecule has 0 saturated heterocycles. The Kier molecular flexibility index (Phi) is 4.90. The molecule has 29 heavy (non-hydrogen) atoms. The normalized spacial score (nSPS) is 11.0. The largest absolute Gasteiger partial charge is 0.350 e. The van der Waals surface area contributed by atoms with Crippen LogP contribution in [0, 0.1) is 6.92 Å². The summed E-state index contributed by atoms with van der Waals surface area (Å²) >= 11 is 0. The van der Waals surface area contributed by atoms with Gasteiger partial charge in [0, 0.05) is 31.4 Å². The molecule has 0 saturated carbocycles. The Balaban J connectivity index is 1.49. The molecule has 8 nitrogen and oxygen atoms in total. The molecule has 8 heteroatoms. The molecule has 1 N–H and O–H groups in total. The summed E-state index contributed by atoms with van der Waals surface area (Å²) in [6.45, 7) is 2.39. The van der Waals surface area contributed by atoms with E-state index in [0.29, 0.717) is 22.4 Å². The van der Waals surface area contributed by atoms with E-state index in [1.165, 1.54) is 10.7 Å². The molecule has 3 heterocycles. The predicted molar refractivity (Wildman–Crippen MR) is 110 cm³/mol. The van der Waals surface area contributed by atoms with Crippen molar-refractivity contribution in [1.82, 2.24) is 29.6 Å². The fourth-order valence-corrected chi connectivity index (χ4v) is 3.11. The summed E-state index contributed by atoms with van der Waals surface area (Å²) in [5.41, 5.74) is 3.09. The molecule has 0 fully saturated rings. The van der Waals surface area contributed by atoms with Gasteiger partial charge in [-0.1, -0.05) is 30.3 Å². The zero-order valence-corrected chi connectivity index (χ0v) is 16.2. The molecule has 0 bridgehead atoms. The SMILES string of the molecule is Cc1nc2c(C(=O)NCCn3nc(-c4ccccc4)ccc3=O)ccnc2n1C. The molecule has 0 aliphatic carbocycles. The number of aromatic nitrogens is 5. The van der Waals surface area contributed by atoms with Crippen LogP contribution >= 0.6 is 0 Å². The third-order valence-corrected chi connectivity index (χ3v) is 4.77. The molecule has 1 amide bonds. The number of hydrogen-bond donors (Lipinski definition) is 1. The fourth-order valence-electron chi connectivity index (χ4n) is 3.11. The highest BCUT2D eigenvalue weighted by Gasteiger charge is 2.15. The second-order valence-electron chi connectivity index (χ2n) is 6.65. The zero-order chi connectivity index (χ0) is 20.4. The number of nitrogens with zero attached hydrogens (tertiary/aromatic N) is 5. The topological polar surface area (TPSA) is 94.7 Å². The van der Waals surface area contributed by atoms with E-state index in [1.807, 2.05) is 48.9 Å². The van der Waals surface area contributed by atoms with E-state index < -0.39 is 0 Å². The molecular formula is C21H20N6O2. The van der Waals surface area contributed by atoms with Gasteiger partial charge in [-0.15, -0.1) is 0 Å². The molecule has 4 aromatic rings. The lowest BCUT2D eigenvalue weighted by Crippen LogP contribution is -2.32. The number of fused-ring (bicyclic) bond motifs is 1. The fraction of sp³-hybridized carbons (Fsp3) is 0.190. The number of pyridine rings is 1. The van der Waals surface area contributed by atoms with Crippen LogP contribution in [0.25, 0.3) is 22.4 Å². The van der Waals surface area contributed by atoms with Crippen LogP contribution in [0.5, 0.6) is 0 Å². The number of imidazole rings is 1. The molecule has 0 atom stereocenters. The van der Waals surface area contributed by atoms with E-state index in [2.05, 4.69) is 20.4 Å². The molecule has 0 spiro atoms. The Labute approximate surface area is 166 Å². The number of amides is 1. The summed E-state index contributed by atoms with van der Waals surface area (Å²) in [7, 11) is 1.86. The molecule has 1 aromatic carbocycles. The lowest BCUT2D eigenvalue weighted by molar-refractivity contribution is 0.0953. The smallest absolute Gasteiger partial charge is 0.266 e. The van der Waals surface area contributed by atoms with Gasteiger partial charge in [0.25, 0.3) is 11.5 Å². The maximum atomic E-state index is 12.6. The quantitative estimate of drug-likeness (QED) is 0.564. The van der Waals surface area contributed by atoms with Gasteiger partial charge >= 0.3 is 0 Å². The highest BCUT2D eigenvalue weighted by molar-refractivity contribution is 6.04. The first kappa shape index (κ1) is 18.5. The van der Waals surface area contributed by atoms with Crippen molar-refractivity contribution in [1.29, 1.82) is 0 Å². The van der Waals surface area contributed by atoms with Gasteiger partial charge in [0.2, 0.25) is 0 Å². The zero-order valence-electron chi connectivity index (χ0n) is 16.2. The van der Waals surface area contributed by atoms with Gasteiger partial charge < -0.3 is 9.88 Å². The van der Waals surface area contributed by atoms with Crippen molar-refractivity contribution in [3.63, 3.8) is 0 Å². The van der Waals surface area contributed by atoms with Gasteiger partial charge in [-0.25, -0.2) is 14.6 Å². The molecule has 0 aliphatic rings. The van der Waals surface area contributed by atoms with Gasteiger partial charge in [0.15, 0.2) is 5.65 Å². The van der Waals surface area contributed by atoms with Crippen molar-refractivity contribution >= 4 is 17.1 Å². The second kappa shape index (κ2) is 7.67. The second-order valence-corrected chi connectivity index (χ2v) is 6.65. The molecule has 0 aliphatic heterocycles. The lowest BCUT2D eigenvalue weighted by Gasteiger charge is -2.09. The number of carbonyl (C=O) groups excluding carboxylic acids is 1. The first-order valence-electron chi connectivity index (χ1n) is 9.24. The average molecular weight is 388 g/mol. The Morgan fingerprint density at radius 2 is 1.90 bits per heavy atom. The summed E-state index contributed by atoms with van der Waals surface area (Å²) in [5.74, 6) is 0.518. The number of rotatable bonds is 5. The predicted octanol–water partition coefficient (Wildman–Crippen LogP) is 1.93. The van der Waals surface area contributed by atoms with Crippen molar-refractivity contribution in [2.24, 2.45) is 7.05 Å². The summed E-state index contributed by atoms with van der Waals surface area (Å²) in [4.78, 5) is 33.5. The minimum Gasteiger partial charge on any atom is -0.350 e. The highest BCUT2D eigenvalue weighted by atomic mass is 16.2. The molecular weight excluding hydrogens is 368 g/mol. The highest BCUT2D eigenvalue weighted by Crippen LogP contribution is 2.16. The van der Waals surface area contributed by atoms with Crippen LogP contribution in [-0.4, -0.2) is 36.8 Å². The van der Waals surface area contributed by atoms with Crippen molar-refractivity contribution in [3.05, 3.63) is 76.5 Å². The minimum atomic E-state index is -0.261. The molecule has 3 aromatic heterocycles. The van der Waals surface area contributed by atoms with E-state index in [4.69, 9.17) is 0 Å². The summed E-state index contributed by atoms with van der Waals surface area (Å²) in [6.07, 6.45) is 1.59. The lowest BCUT2D eigenvalue weighted by atomic mass is 10.1. The van der Waals surface area contributed by atoms with Gasteiger partial charge in [-0.05, 0) is 19.1 Å². The van der Waals surface area contributed by atoms with Crippen LogP contribution in [0.15, 0.2) is 59.5 Å². The number of aryl methyl sites for hydroxylation is 2. The Morgan fingerprint density at radius 1 is 1.10 bits per heavy atom. The average Bonchev–Trinajstić information content (AvgIpc) is 3.04. The first-order valence-corrected chi connectivity index (χ1v) is 9.24. The van der Waals surface area contributed by atoms with Crippen LogP contribution in [0.1, 0.15) is 16.2 Å². The van der Waals surface area contributed by atoms with Gasteiger partial charge in [-0.3, -0.25) is 9.59 Å². The first-order chi connectivity index (χ1) is 14.0. The Morgan fingerprint density at radius 3 is 2.69 bits per heavy atom. The van der Waals surface area contributed by atoms with Crippen LogP contribution in [-0.2, 0) is 13.6 Å². The number of benzene rings is 1. The monoisotopic (exact) mass is 388 g/mol. The van der Waals surface area contributed by atoms with Crippen LogP contribution in [0.3, 0.4) is 0 Å². The van der Waals surface area contributed by atoms with Gasteiger partial charge in [-0.2, -0.15) is 5.10 Å².